The molecule has 0 unspecified atom stereocenters. The van der Waals surface area contributed by atoms with Crippen LogP contribution >= 0.6 is 0 Å². The molecule has 0 amide bonds. The highest BCUT2D eigenvalue weighted by atomic mass is 32.2. The fourth-order valence-corrected chi connectivity index (χ4v) is 2.98. The number of hydrogen-bond donors (Lipinski definition) is 2. The first kappa shape index (κ1) is 6.98. The van der Waals surface area contributed by atoms with Gasteiger partial charge in [-0.3, -0.25) is 0 Å². The predicted molar refractivity (Wildman–Crippen MR) is 32.0 cm³/mol. The van der Waals surface area contributed by atoms with Gasteiger partial charge in [-0.15, -0.1) is 0 Å². The molecule has 2 atom stereocenters. The Morgan fingerprint density at radius 3 is 1.56 bits per heavy atom. The molecule has 0 aromatic carbocycles. The molecule has 6 N–H and O–H groups in total. The molecule has 1 aliphatic rings. The number of quaternary nitrogens is 2. The minimum Gasteiger partial charge on any atom is -0.349 e. The van der Waals surface area contributed by atoms with Gasteiger partial charge in [-0.25, -0.2) is 8.42 Å². The summed E-state index contributed by atoms with van der Waals surface area (Å²) in [6, 6.07) is 0.0185. The Labute approximate surface area is 54.1 Å². The normalized spacial score (nSPS) is 41.1. The molecule has 0 aliphatic carbocycles. The highest BCUT2D eigenvalue weighted by Gasteiger charge is 2.38. The molecule has 0 saturated carbocycles. The van der Waals surface area contributed by atoms with E-state index in [1.54, 1.807) is 0 Å². The largest absolute Gasteiger partial charge is 0.349 e. The van der Waals surface area contributed by atoms with Crippen molar-refractivity contribution >= 4 is 9.84 Å². The zero-order chi connectivity index (χ0) is 7.07. The summed E-state index contributed by atoms with van der Waals surface area (Å²) in [5.74, 6) is 0.447. The van der Waals surface area contributed by atoms with Crippen molar-refractivity contribution in [2.75, 3.05) is 11.5 Å². The molecule has 0 aromatic heterocycles. The summed E-state index contributed by atoms with van der Waals surface area (Å²) in [4.78, 5) is 0. The summed E-state index contributed by atoms with van der Waals surface area (Å²) in [7, 11) is -2.77. The maximum atomic E-state index is 10.8. The quantitative estimate of drug-likeness (QED) is 0.379. The minimum atomic E-state index is -2.77. The second kappa shape index (κ2) is 1.93. The first-order chi connectivity index (χ1) is 4.01. The maximum absolute atomic E-state index is 10.8. The highest BCUT2D eigenvalue weighted by molar-refractivity contribution is 7.91. The van der Waals surface area contributed by atoms with Crippen LogP contribution in [-0.2, 0) is 9.84 Å². The summed E-state index contributed by atoms with van der Waals surface area (Å²) >= 11 is 0. The van der Waals surface area contributed by atoms with Crippen molar-refractivity contribution in [2.24, 2.45) is 0 Å². The SMILES string of the molecule is [NH3+][C@@H]1CS(=O)(=O)C[C@@H]1[NH3+]. The van der Waals surface area contributed by atoms with E-state index in [1.807, 2.05) is 0 Å². The summed E-state index contributed by atoms with van der Waals surface area (Å²) in [6.07, 6.45) is 0. The third-order valence-electron chi connectivity index (χ3n) is 1.60. The zero-order valence-corrected chi connectivity index (χ0v) is 6.02. The van der Waals surface area contributed by atoms with E-state index in [4.69, 9.17) is 0 Å². The van der Waals surface area contributed by atoms with E-state index in [0.717, 1.165) is 0 Å². The third kappa shape index (κ3) is 1.41. The molecule has 1 saturated heterocycles. The highest BCUT2D eigenvalue weighted by Crippen LogP contribution is 2.04. The molecule has 5 heteroatoms. The van der Waals surface area contributed by atoms with Crippen LogP contribution in [0.2, 0.25) is 0 Å². The van der Waals surface area contributed by atoms with Gasteiger partial charge in [0.1, 0.15) is 11.5 Å². The number of sulfone groups is 1. The van der Waals surface area contributed by atoms with E-state index in [-0.39, 0.29) is 23.6 Å². The molecule has 0 bridgehead atoms. The molecule has 0 radical (unpaired) electrons. The van der Waals surface area contributed by atoms with E-state index in [9.17, 15) is 8.42 Å². The Kier molecular flexibility index (Phi) is 1.50. The Hall–Kier alpha value is -0.130. The van der Waals surface area contributed by atoms with Crippen molar-refractivity contribution in [1.29, 1.82) is 0 Å². The lowest BCUT2D eigenvalue weighted by molar-refractivity contribution is -0.515. The predicted octanol–water partition coefficient (Wildman–Crippen LogP) is -3.36. The van der Waals surface area contributed by atoms with E-state index in [0.29, 0.717) is 0 Å². The van der Waals surface area contributed by atoms with E-state index in [1.165, 1.54) is 0 Å². The maximum Gasteiger partial charge on any atom is 0.162 e. The van der Waals surface area contributed by atoms with E-state index >= 15 is 0 Å². The second-order valence-corrected chi connectivity index (χ2v) is 4.75. The van der Waals surface area contributed by atoms with Gasteiger partial charge in [0.25, 0.3) is 0 Å². The topological polar surface area (TPSA) is 89.4 Å². The van der Waals surface area contributed by atoms with Gasteiger partial charge in [0.15, 0.2) is 21.9 Å². The summed E-state index contributed by atoms with van der Waals surface area (Å²) in [5, 5.41) is 0. The van der Waals surface area contributed by atoms with Crippen LogP contribution < -0.4 is 11.5 Å². The molecule has 9 heavy (non-hydrogen) atoms. The smallest absolute Gasteiger partial charge is 0.162 e. The molecule has 0 spiro atoms. The van der Waals surface area contributed by atoms with Crippen molar-refractivity contribution < 1.29 is 19.9 Å². The molecular formula is C4H12N2O2S+2. The van der Waals surface area contributed by atoms with Crippen molar-refractivity contribution in [3.05, 3.63) is 0 Å². The molecule has 1 aliphatic heterocycles. The second-order valence-electron chi connectivity index (χ2n) is 2.60. The molecule has 1 fully saturated rings. The van der Waals surface area contributed by atoms with Crippen molar-refractivity contribution in [1.82, 2.24) is 0 Å². The summed E-state index contributed by atoms with van der Waals surface area (Å²) < 4.78 is 21.5. The van der Waals surface area contributed by atoms with Crippen LogP contribution in [0.4, 0.5) is 0 Å². The van der Waals surface area contributed by atoms with Gasteiger partial charge in [0.05, 0.1) is 0 Å². The molecule has 54 valence electrons. The van der Waals surface area contributed by atoms with Gasteiger partial charge >= 0.3 is 0 Å². The third-order valence-corrected chi connectivity index (χ3v) is 3.47. The van der Waals surface area contributed by atoms with Crippen LogP contribution in [0.5, 0.6) is 0 Å². The minimum absolute atomic E-state index is 0.00926. The Bertz CT molecular complexity index is 183. The van der Waals surface area contributed by atoms with Gasteiger partial charge in [-0.05, 0) is 0 Å². The van der Waals surface area contributed by atoms with E-state index < -0.39 is 9.84 Å². The first-order valence-corrected chi connectivity index (χ1v) is 4.70. The van der Waals surface area contributed by atoms with Crippen LogP contribution in [0.3, 0.4) is 0 Å². The van der Waals surface area contributed by atoms with Crippen LogP contribution in [-0.4, -0.2) is 32.0 Å². The van der Waals surface area contributed by atoms with Crippen molar-refractivity contribution in [3.63, 3.8) is 0 Å². The van der Waals surface area contributed by atoms with Crippen LogP contribution in [0, 0.1) is 0 Å². The standard InChI is InChI=1S/C4H10N2O2S/c5-3-1-9(7,8)2-4(3)6/h3-4H,1-2,5-6H2/p+2/t3-,4+. The fourth-order valence-electron chi connectivity index (χ4n) is 0.993. The van der Waals surface area contributed by atoms with Crippen LogP contribution in [0.25, 0.3) is 0 Å². The lowest BCUT2D eigenvalue weighted by Gasteiger charge is -1.95. The van der Waals surface area contributed by atoms with E-state index in [2.05, 4.69) is 11.5 Å². The van der Waals surface area contributed by atoms with Crippen LogP contribution in [0.1, 0.15) is 0 Å². The average molecular weight is 152 g/mol. The Balaban J connectivity index is 2.77. The van der Waals surface area contributed by atoms with Crippen molar-refractivity contribution in [3.8, 4) is 0 Å². The van der Waals surface area contributed by atoms with Gasteiger partial charge < -0.3 is 11.5 Å². The lowest BCUT2D eigenvalue weighted by atomic mass is 10.2. The molecular weight excluding hydrogens is 140 g/mol. The van der Waals surface area contributed by atoms with Gasteiger partial charge in [0.2, 0.25) is 0 Å². The van der Waals surface area contributed by atoms with Gasteiger partial charge in [-0.1, -0.05) is 0 Å². The average Bonchev–Trinajstić information content (AvgIpc) is 1.79. The molecule has 1 rings (SSSR count). The molecule has 0 aromatic rings. The summed E-state index contributed by atoms with van der Waals surface area (Å²) in [6.45, 7) is 0. The zero-order valence-electron chi connectivity index (χ0n) is 5.21. The van der Waals surface area contributed by atoms with Crippen molar-refractivity contribution in [2.45, 2.75) is 12.1 Å². The Morgan fingerprint density at radius 1 is 1.11 bits per heavy atom. The van der Waals surface area contributed by atoms with Gasteiger partial charge in [0, 0.05) is 0 Å². The first-order valence-electron chi connectivity index (χ1n) is 2.88. The lowest BCUT2D eigenvalue weighted by Crippen LogP contribution is -2.79. The molecule has 4 nitrogen and oxygen atoms in total. The summed E-state index contributed by atoms with van der Waals surface area (Å²) in [5.41, 5.74) is 7.34. The number of hydrogen-bond acceptors (Lipinski definition) is 2. The Morgan fingerprint density at radius 2 is 1.44 bits per heavy atom. The molecule has 1 heterocycles. The van der Waals surface area contributed by atoms with Gasteiger partial charge in [-0.2, -0.15) is 0 Å². The van der Waals surface area contributed by atoms with Crippen LogP contribution in [0.15, 0.2) is 0 Å². The monoisotopic (exact) mass is 152 g/mol. The number of rotatable bonds is 0. The fraction of sp³-hybridized carbons (Fsp3) is 1.00.